The van der Waals surface area contributed by atoms with Crippen LogP contribution in [0.25, 0.3) is 0 Å². The third-order valence-electron chi connectivity index (χ3n) is 6.29. The third kappa shape index (κ3) is 4.36. The highest BCUT2D eigenvalue weighted by Gasteiger charge is 2.48. The average molecular weight is 509 g/mol. The second-order valence-electron chi connectivity index (χ2n) is 8.91. The molecule has 2 N–H and O–H groups in total. The summed E-state index contributed by atoms with van der Waals surface area (Å²) in [5.41, 5.74) is 1.73. The molecule has 2 aliphatic heterocycles. The Labute approximate surface area is 201 Å². The molecular weight excluding hydrogens is 484 g/mol. The van der Waals surface area contributed by atoms with E-state index in [1.54, 1.807) is 22.9 Å². The van der Waals surface area contributed by atoms with Crippen LogP contribution in [0.3, 0.4) is 0 Å². The minimum Gasteiger partial charge on any atom is -0.386 e. The number of rotatable bonds is 4. The van der Waals surface area contributed by atoms with E-state index in [-0.39, 0.29) is 18.7 Å². The van der Waals surface area contributed by atoms with Crippen LogP contribution in [0.15, 0.2) is 41.4 Å². The minimum atomic E-state index is -3.34. The quantitative estimate of drug-likeness (QED) is 0.557. The zero-order chi connectivity index (χ0) is 23.4. The average Bonchev–Trinajstić information content (AvgIpc) is 3.38. The molecule has 1 saturated heterocycles. The number of nitrogens with zero attached hydrogens (tertiary/aromatic N) is 3. The summed E-state index contributed by atoms with van der Waals surface area (Å²) in [6, 6.07) is 8.79. The van der Waals surface area contributed by atoms with Crippen molar-refractivity contribution >= 4 is 32.8 Å². The van der Waals surface area contributed by atoms with Crippen LogP contribution in [-0.4, -0.2) is 47.4 Å². The monoisotopic (exact) mass is 508 g/mol. The number of fused-ring (bicyclic) bond motifs is 2. The number of hydrogen-bond acceptors (Lipinski definition) is 8. The molecule has 0 radical (unpaired) electrons. The highest BCUT2D eigenvalue weighted by molar-refractivity contribution is 7.90. The van der Waals surface area contributed by atoms with E-state index in [2.05, 4.69) is 22.6 Å². The Kier molecular flexibility index (Phi) is 5.87. The number of sulfone groups is 1. The Morgan fingerprint density at radius 1 is 1.36 bits per heavy atom. The van der Waals surface area contributed by atoms with Crippen molar-refractivity contribution < 1.29 is 18.3 Å². The number of aliphatic hydroxyl groups is 1. The van der Waals surface area contributed by atoms with Crippen molar-refractivity contribution in [3.8, 4) is 0 Å². The topological polar surface area (TPSA) is 106 Å². The van der Waals surface area contributed by atoms with Gasteiger partial charge in [0.1, 0.15) is 11.7 Å². The molecule has 1 aromatic carbocycles. The lowest BCUT2D eigenvalue weighted by molar-refractivity contribution is -0.129. The highest BCUT2D eigenvalue weighted by Crippen LogP contribution is 2.51. The molecule has 0 saturated carbocycles. The van der Waals surface area contributed by atoms with Gasteiger partial charge >= 0.3 is 0 Å². The lowest BCUT2D eigenvalue weighted by atomic mass is 9.79. The molecule has 3 aromatic rings. The normalized spacial score (nSPS) is 27.6. The van der Waals surface area contributed by atoms with E-state index < -0.39 is 21.5 Å². The first kappa shape index (κ1) is 22.9. The third-order valence-corrected chi connectivity index (χ3v) is 8.96. The fourth-order valence-electron chi connectivity index (χ4n) is 4.95. The van der Waals surface area contributed by atoms with Crippen molar-refractivity contribution in [2.75, 3.05) is 12.9 Å². The summed E-state index contributed by atoms with van der Waals surface area (Å²) in [6.45, 7) is 2.63. The summed E-state index contributed by atoms with van der Waals surface area (Å²) >= 11 is 7.77. The van der Waals surface area contributed by atoms with Crippen molar-refractivity contribution in [3.05, 3.63) is 62.6 Å². The molecule has 33 heavy (non-hydrogen) atoms. The Morgan fingerprint density at radius 3 is 2.94 bits per heavy atom. The van der Waals surface area contributed by atoms with Crippen molar-refractivity contribution in [3.63, 3.8) is 0 Å². The molecule has 176 valence electrons. The van der Waals surface area contributed by atoms with Crippen LogP contribution in [0.5, 0.6) is 0 Å². The van der Waals surface area contributed by atoms with Crippen LogP contribution in [0.4, 0.5) is 0 Å². The Hall–Kier alpha value is -1.82. The number of aliphatic hydroxyl groups excluding tert-OH is 1. The number of halogens is 1. The zero-order valence-electron chi connectivity index (χ0n) is 18.2. The van der Waals surface area contributed by atoms with Crippen LogP contribution in [-0.2, 0) is 26.7 Å². The first-order chi connectivity index (χ1) is 15.6. The van der Waals surface area contributed by atoms with Gasteiger partial charge in [-0.2, -0.15) is 0 Å². The zero-order valence-corrected chi connectivity index (χ0v) is 20.6. The van der Waals surface area contributed by atoms with Gasteiger partial charge in [-0.3, -0.25) is 0 Å². The summed E-state index contributed by atoms with van der Waals surface area (Å²) in [5.74, 6) is 0. The maximum absolute atomic E-state index is 12.1. The number of piperidine rings is 1. The molecule has 8 nitrogen and oxygen atoms in total. The molecule has 2 aromatic heterocycles. The number of nitrogens with one attached hydrogen (secondary N) is 1. The van der Waals surface area contributed by atoms with Gasteiger partial charge in [0.05, 0.1) is 40.3 Å². The molecule has 1 spiro atoms. The highest BCUT2D eigenvalue weighted by atomic mass is 35.5. The number of hydrogen-bond donors (Lipinski definition) is 2. The Morgan fingerprint density at radius 2 is 2.15 bits per heavy atom. The van der Waals surface area contributed by atoms with E-state index in [0.717, 1.165) is 22.6 Å². The predicted molar refractivity (Wildman–Crippen MR) is 125 cm³/mol. The van der Waals surface area contributed by atoms with Gasteiger partial charge in [-0.15, -0.1) is 16.4 Å². The molecule has 11 heteroatoms. The van der Waals surface area contributed by atoms with Gasteiger partial charge in [-0.25, -0.2) is 13.1 Å². The summed E-state index contributed by atoms with van der Waals surface area (Å²) in [7, 11) is -3.34. The first-order valence-electron chi connectivity index (χ1n) is 10.7. The van der Waals surface area contributed by atoms with Gasteiger partial charge < -0.3 is 15.2 Å². The molecule has 0 unspecified atom stereocenters. The van der Waals surface area contributed by atoms with Gasteiger partial charge in [0, 0.05) is 29.2 Å². The van der Waals surface area contributed by atoms with Crippen LogP contribution in [0, 0.1) is 0 Å². The van der Waals surface area contributed by atoms with Crippen molar-refractivity contribution in [1.82, 2.24) is 20.3 Å². The molecule has 0 amide bonds. The van der Waals surface area contributed by atoms with Gasteiger partial charge in [-0.05, 0) is 31.0 Å². The second-order valence-corrected chi connectivity index (χ2v) is 12.6. The largest absolute Gasteiger partial charge is 0.386 e. The van der Waals surface area contributed by atoms with Gasteiger partial charge in [0.2, 0.25) is 0 Å². The molecule has 5 rings (SSSR count). The second kappa shape index (κ2) is 8.44. The standard InChI is InChI=1S/C22H25ClN4O4S2/c1-13-8-22(21-15(7-20(23)32-21)18(28)12-31-22)9-16(24-13)17-11-27(26-25-17)10-14-5-3-4-6-19(14)33(2,29)30/h3-7,11,13,16,18,24,28H,8-10,12H2,1-2H3/t13-,16-,18+,22-/m0/s1. The van der Waals surface area contributed by atoms with E-state index in [0.29, 0.717) is 27.8 Å². The number of thiophene rings is 1. The summed E-state index contributed by atoms with van der Waals surface area (Å²) in [6.07, 6.45) is 3.77. The van der Waals surface area contributed by atoms with E-state index in [1.807, 2.05) is 18.3 Å². The van der Waals surface area contributed by atoms with Gasteiger partial charge in [-0.1, -0.05) is 35.0 Å². The maximum atomic E-state index is 12.1. The van der Waals surface area contributed by atoms with Crippen molar-refractivity contribution in [2.45, 2.75) is 55.0 Å². The molecule has 1 fully saturated rings. The summed E-state index contributed by atoms with van der Waals surface area (Å²) in [5, 5.41) is 22.6. The molecule has 4 heterocycles. The molecule has 0 bridgehead atoms. The summed E-state index contributed by atoms with van der Waals surface area (Å²) in [4.78, 5) is 1.28. The lowest BCUT2D eigenvalue weighted by Crippen LogP contribution is -2.50. The first-order valence-corrected chi connectivity index (χ1v) is 13.8. The van der Waals surface area contributed by atoms with Gasteiger partial charge in [0.15, 0.2) is 9.84 Å². The number of aromatic nitrogens is 3. The van der Waals surface area contributed by atoms with Crippen molar-refractivity contribution in [1.29, 1.82) is 0 Å². The van der Waals surface area contributed by atoms with Gasteiger partial charge in [0.25, 0.3) is 0 Å². The van der Waals surface area contributed by atoms with Crippen LogP contribution >= 0.6 is 22.9 Å². The van der Waals surface area contributed by atoms with Crippen LogP contribution in [0.1, 0.15) is 53.6 Å². The smallest absolute Gasteiger partial charge is 0.175 e. The lowest BCUT2D eigenvalue weighted by Gasteiger charge is -2.46. The molecule has 0 aliphatic carbocycles. The fourth-order valence-corrected chi connectivity index (χ4v) is 7.34. The number of ether oxygens (including phenoxy) is 1. The number of benzene rings is 1. The minimum absolute atomic E-state index is 0.114. The van der Waals surface area contributed by atoms with E-state index in [1.165, 1.54) is 17.6 Å². The summed E-state index contributed by atoms with van der Waals surface area (Å²) < 4.78 is 32.8. The fraction of sp³-hybridized carbons (Fsp3) is 0.455. The van der Waals surface area contributed by atoms with Crippen molar-refractivity contribution in [2.24, 2.45) is 0 Å². The van der Waals surface area contributed by atoms with Crippen LogP contribution < -0.4 is 5.32 Å². The molecule has 4 atom stereocenters. The van der Waals surface area contributed by atoms with E-state index in [9.17, 15) is 13.5 Å². The maximum Gasteiger partial charge on any atom is 0.175 e. The van der Waals surface area contributed by atoms with E-state index >= 15 is 0 Å². The van der Waals surface area contributed by atoms with E-state index in [4.69, 9.17) is 16.3 Å². The Balaban J connectivity index is 1.42. The molecule has 2 aliphatic rings. The molecular formula is C22H25ClN4O4S2. The van der Waals surface area contributed by atoms with Crippen LogP contribution in [0.2, 0.25) is 4.34 Å². The SMILES string of the molecule is C[C@H]1C[C@@]2(C[C@@H](c3cn(Cc4ccccc4S(C)(=O)=O)nn3)N1)OC[C@@H](O)c1cc(Cl)sc12. The predicted octanol–water partition coefficient (Wildman–Crippen LogP) is 3.22. The Bertz CT molecular complexity index is 1290.